The lowest BCUT2D eigenvalue weighted by molar-refractivity contribution is -0.131. The van der Waals surface area contributed by atoms with Gasteiger partial charge >= 0.3 is 6.03 Å². The zero-order valence-electron chi connectivity index (χ0n) is 17.4. The molecule has 1 atom stereocenters. The lowest BCUT2D eigenvalue weighted by Gasteiger charge is -2.23. The molecule has 148 valence electrons. The smallest absolute Gasteiger partial charge is 0.325 e. The Morgan fingerprint density at radius 2 is 1.71 bits per heavy atom. The molecule has 2 aromatic rings. The average Bonchev–Trinajstić information content (AvgIpc) is 2.85. The number of imide groups is 1. The van der Waals surface area contributed by atoms with Crippen LogP contribution in [-0.2, 0) is 22.3 Å². The van der Waals surface area contributed by atoms with Gasteiger partial charge in [-0.2, -0.15) is 0 Å². The van der Waals surface area contributed by atoms with Crippen molar-refractivity contribution < 1.29 is 14.3 Å². The quantitative estimate of drug-likeness (QED) is 0.806. The molecule has 28 heavy (non-hydrogen) atoms. The van der Waals surface area contributed by atoms with Gasteiger partial charge in [-0.3, -0.25) is 9.69 Å². The Labute approximate surface area is 166 Å². The third kappa shape index (κ3) is 3.49. The summed E-state index contributed by atoms with van der Waals surface area (Å²) < 4.78 is 5.29. The third-order valence-electron chi connectivity index (χ3n) is 5.41. The van der Waals surface area contributed by atoms with Gasteiger partial charge in [0.15, 0.2) is 0 Å². The number of carbonyl (C=O) groups is 2. The van der Waals surface area contributed by atoms with Crippen LogP contribution < -0.4 is 10.1 Å². The van der Waals surface area contributed by atoms with Crippen LogP contribution in [0, 0.1) is 6.92 Å². The molecule has 3 rings (SSSR count). The number of urea groups is 1. The van der Waals surface area contributed by atoms with E-state index in [-0.39, 0.29) is 23.9 Å². The molecular formula is C23H28N2O3. The first-order valence-corrected chi connectivity index (χ1v) is 9.45. The van der Waals surface area contributed by atoms with Crippen LogP contribution in [-0.4, -0.2) is 23.9 Å². The number of aryl methyl sites for hydroxylation is 1. The van der Waals surface area contributed by atoms with Gasteiger partial charge in [-0.1, -0.05) is 51.1 Å². The van der Waals surface area contributed by atoms with Crippen LogP contribution in [0.25, 0.3) is 0 Å². The van der Waals surface area contributed by atoms with E-state index in [1.165, 1.54) is 10.5 Å². The van der Waals surface area contributed by atoms with Crippen LogP contribution in [0.15, 0.2) is 42.5 Å². The Morgan fingerprint density at radius 1 is 1.07 bits per heavy atom. The molecule has 1 saturated heterocycles. The lowest BCUT2D eigenvalue weighted by atomic mass is 9.86. The van der Waals surface area contributed by atoms with Crippen molar-refractivity contribution in [2.75, 3.05) is 7.11 Å². The molecule has 0 radical (unpaired) electrons. The summed E-state index contributed by atoms with van der Waals surface area (Å²) in [5.74, 6) is 0.502. The lowest BCUT2D eigenvalue weighted by Crippen LogP contribution is -2.40. The molecule has 0 saturated carbocycles. The van der Waals surface area contributed by atoms with Crippen LogP contribution in [0.3, 0.4) is 0 Å². The number of hydrogen-bond acceptors (Lipinski definition) is 3. The van der Waals surface area contributed by atoms with E-state index in [0.717, 1.165) is 22.4 Å². The second-order valence-electron chi connectivity index (χ2n) is 8.58. The molecule has 0 aliphatic carbocycles. The molecule has 1 N–H and O–H groups in total. The first-order valence-electron chi connectivity index (χ1n) is 9.45. The Bertz CT molecular complexity index is 912. The molecule has 1 heterocycles. The molecule has 1 aliphatic rings. The van der Waals surface area contributed by atoms with E-state index in [1.807, 2.05) is 37.3 Å². The highest BCUT2D eigenvalue weighted by atomic mass is 16.5. The van der Waals surface area contributed by atoms with E-state index in [4.69, 9.17) is 4.74 Å². The summed E-state index contributed by atoms with van der Waals surface area (Å²) in [6, 6.07) is 13.2. The summed E-state index contributed by atoms with van der Waals surface area (Å²) in [6.45, 7) is 10.4. The Balaban J connectivity index is 1.84. The van der Waals surface area contributed by atoms with Gasteiger partial charge in [-0.05, 0) is 53.6 Å². The minimum atomic E-state index is -1.08. The van der Waals surface area contributed by atoms with E-state index in [9.17, 15) is 9.59 Å². The third-order valence-corrected chi connectivity index (χ3v) is 5.41. The molecule has 2 aromatic carbocycles. The Kier molecular flexibility index (Phi) is 4.96. The van der Waals surface area contributed by atoms with Gasteiger partial charge in [-0.25, -0.2) is 4.79 Å². The maximum atomic E-state index is 13.1. The zero-order valence-corrected chi connectivity index (χ0v) is 17.4. The van der Waals surface area contributed by atoms with Gasteiger partial charge in [0.05, 0.1) is 13.7 Å². The molecule has 1 aliphatic heterocycles. The van der Waals surface area contributed by atoms with E-state index in [1.54, 1.807) is 14.0 Å². The summed E-state index contributed by atoms with van der Waals surface area (Å²) in [6.07, 6.45) is 0. The maximum absolute atomic E-state index is 13.1. The van der Waals surface area contributed by atoms with Crippen molar-refractivity contribution in [3.05, 3.63) is 64.7 Å². The highest BCUT2D eigenvalue weighted by Crippen LogP contribution is 2.32. The molecule has 0 spiro atoms. The summed E-state index contributed by atoms with van der Waals surface area (Å²) in [5, 5.41) is 2.86. The molecular weight excluding hydrogens is 352 g/mol. The van der Waals surface area contributed by atoms with E-state index >= 15 is 0 Å². The zero-order chi connectivity index (χ0) is 20.7. The monoisotopic (exact) mass is 380 g/mol. The van der Waals surface area contributed by atoms with Gasteiger partial charge < -0.3 is 10.1 Å². The molecule has 0 aromatic heterocycles. The predicted molar refractivity (Wildman–Crippen MR) is 109 cm³/mol. The SMILES string of the molecule is COc1ccc(C2(C)NC(=O)N(Cc3ccc(C(C)(C)C)cc3)C2=O)cc1C. The summed E-state index contributed by atoms with van der Waals surface area (Å²) in [4.78, 5) is 27.0. The number of rotatable bonds is 4. The van der Waals surface area contributed by atoms with E-state index in [2.05, 4.69) is 38.2 Å². The molecule has 3 amide bonds. The maximum Gasteiger partial charge on any atom is 0.325 e. The summed E-state index contributed by atoms with van der Waals surface area (Å²) >= 11 is 0. The molecule has 5 heteroatoms. The number of nitrogens with zero attached hydrogens (tertiary/aromatic N) is 1. The summed E-state index contributed by atoms with van der Waals surface area (Å²) in [7, 11) is 1.61. The minimum absolute atomic E-state index is 0.0597. The van der Waals surface area contributed by atoms with Gasteiger partial charge in [0, 0.05) is 0 Å². The van der Waals surface area contributed by atoms with E-state index in [0.29, 0.717) is 0 Å². The van der Waals surface area contributed by atoms with Crippen molar-refractivity contribution in [3.63, 3.8) is 0 Å². The van der Waals surface area contributed by atoms with Crippen molar-refractivity contribution in [2.24, 2.45) is 0 Å². The number of benzene rings is 2. The first-order chi connectivity index (χ1) is 13.1. The number of methoxy groups -OCH3 is 1. The van der Waals surface area contributed by atoms with Crippen molar-refractivity contribution in [1.82, 2.24) is 10.2 Å². The second-order valence-corrected chi connectivity index (χ2v) is 8.58. The van der Waals surface area contributed by atoms with Crippen LogP contribution in [0.4, 0.5) is 4.79 Å². The topological polar surface area (TPSA) is 58.6 Å². The molecule has 0 bridgehead atoms. The fraction of sp³-hybridized carbons (Fsp3) is 0.391. The van der Waals surface area contributed by atoms with Crippen LogP contribution in [0.5, 0.6) is 5.75 Å². The standard InChI is InChI=1S/C23H28N2O3/c1-15-13-18(11-12-19(15)28-6)23(5)20(26)25(21(27)24-23)14-16-7-9-17(10-8-16)22(2,3)4/h7-13H,14H2,1-6H3,(H,24,27). The van der Waals surface area contributed by atoms with E-state index < -0.39 is 5.54 Å². The average molecular weight is 380 g/mol. The molecule has 1 fully saturated rings. The highest BCUT2D eigenvalue weighted by molar-refractivity contribution is 6.07. The van der Waals surface area contributed by atoms with Crippen LogP contribution in [0.1, 0.15) is 49.9 Å². The van der Waals surface area contributed by atoms with Gasteiger partial charge in [0.1, 0.15) is 11.3 Å². The minimum Gasteiger partial charge on any atom is -0.496 e. The van der Waals surface area contributed by atoms with Crippen LogP contribution >= 0.6 is 0 Å². The van der Waals surface area contributed by atoms with Crippen molar-refractivity contribution in [1.29, 1.82) is 0 Å². The normalized spacial score (nSPS) is 19.7. The van der Waals surface area contributed by atoms with Crippen molar-refractivity contribution >= 4 is 11.9 Å². The van der Waals surface area contributed by atoms with Crippen LogP contribution in [0.2, 0.25) is 0 Å². The van der Waals surface area contributed by atoms with Crippen molar-refractivity contribution in [2.45, 2.75) is 52.1 Å². The van der Waals surface area contributed by atoms with Gasteiger partial charge in [0.2, 0.25) is 0 Å². The number of ether oxygens (including phenoxy) is 1. The molecule has 1 unspecified atom stereocenters. The largest absolute Gasteiger partial charge is 0.496 e. The fourth-order valence-corrected chi connectivity index (χ4v) is 3.52. The second kappa shape index (κ2) is 6.97. The number of hydrogen-bond donors (Lipinski definition) is 1. The Morgan fingerprint density at radius 3 is 2.25 bits per heavy atom. The summed E-state index contributed by atoms with van der Waals surface area (Å²) in [5.41, 5.74) is 2.77. The first kappa shape index (κ1) is 19.9. The number of carbonyl (C=O) groups excluding carboxylic acids is 2. The highest BCUT2D eigenvalue weighted by Gasteiger charge is 2.49. The van der Waals surface area contributed by atoms with Crippen molar-refractivity contribution in [3.8, 4) is 5.75 Å². The number of nitrogens with one attached hydrogen (secondary N) is 1. The predicted octanol–water partition coefficient (Wildman–Crippen LogP) is 4.27. The fourth-order valence-electron chi connectivity index (χ4n) is 3.52. The Hall–Kier alpha value is -2.82. The van der Waals surface area contributed by atoms with Gasteiger partial charge in [0.25, 0.3) is 5.91 Å². The number of amides is 3. The van der Waals surface area contributed by atoms with Gasteiger partial charge in [-0.15, -0.1) is 0 Å². The molecule has 5 nitrogen and oxygen atoms in total.